The average Bonchev–Trinajstić information content (AvgIpc) is 3.47. The lowest BCUT2D eigenvalue weighted by Gasteiger charge is -2.35. The fraction of sp³-hybridized carbons (Fsp3) is 0.367. The van der Waals surface area contributed by atoms with Crippen LogP contribution in [0.5, 0.6) is 0 Å². The number of hydrogen-bond donors (Lipinski definition) is 6. The van der Waals surface area contributed by atoms with Crippen molar-refractivity contribution in [2.45, 2.75) is 65.7 Å². The molecule has 84 heavy (non-hydrogen) atoms. The van der Waals surface area contributed by atoms with Gasteiger partial charge in [-0.25, -0.2) is 23.7 Å². The maximum absolute atomic E-state index is 15.0. The second-order valence-corrected chi connectivity index (χ2v) is 22.1. The molecule has 8 rings (SSSR count). The molecule has 2 atom stereocenters. The van der Waals surface area contributed by atoms with Crippen molar-refractivity contribution in [3.63, 3.8) is 0 Å². The van der Waals surface area contributed by atoms with Gasteiger partial charge in [0.1, 0.15) is 36.0 Å². The first-order chi connectivity index (χ1) is 40.6. The number of benzene rings is 4. The zero-order valence-corrected chi connectivity index (χ0v) is 48.8. The molecule has 0 radical (unpaired) electrons. The number of hydrazone groups is 1. The van der Waals surface area contributed by atoms with Crippen molar-refractivity contribution >= 4 is 75.8 Å². The number of nitrogens with two attached hydrogens (primary N) is 1. The summed E-state index contributed by atoms with van der Waals surface area (Å²) in [6, 6.07) is 21.9. The Balaban J connectivity index is 0.657. The maximum atomic E-state index is 15.0. The smallest absolute Gasteiger partial charge is 0.251 e. The molecule has 4 amide bonds. The van der Waals surface area contributed by atoms with Crippen LogP contribution in [0.1, 0.15) is 71.9 Å². The summed E-state index contributed by atoms with van der Waals surface area (Å²) < 4.78 is 46.8. The number of nitrogens with zero attached hydrogens (tertiary/aromatic N) is 7. The number of nitrogens with one attached hydrogen (secondary N) is 5. The van der Waals surface area contributed by atoms with Gasteiger partial charge in [-0.2, -0.15) is 5.10 Å². The van der Waals surface area contributed by atoms with Crippen molar-refractivity contribution in [2.75, 3.05) is 77.7 Å². The summed E-state index contributed by atoms with van der Waals surface area (Å²) in [5.74, 6) is 3.07. The summed E-state index contributed by atoms with van der Waals surface area (Å²) in [7, 11) is 0. The molecule has 0 aliphatic carbocycles. The number of aryl methyl sites for hydroxylation is 1. The number of thiazole rings is 1. The van der Waals surface area contributed by atoms with Crippen molar-refractivity contribution in [2.24, 2.45) is 26.3 Å². The lowest BCUT2D eigenvalue weighted by atomic mass is 9.85. The molecular weight excluding hydrogens is 1120 g/mol. The molecule has 442 valence electrons. The molecule has 1 saturated heterocycles. The maximum Gasteiger partial charge on any atom is 0.251 e. The average molecular weight is 1190 g/mol. The van der Waals surface area contributed by atoms with Crippen LogP contribution < -0.4 is 32.4 Å². The quantitative estimate of drug-likeness (QED) is 0.0129. The summed E-state index contributed by atoms with van der Waals surface area (Å²) in [5.41, 5.74) is 7.74. The Hall–Kier alpha value is -7.93. The van der Waals surface area contributed by atoms with E-state index in [0.717, 1.165) is 21.7 Å². The van der Waals surface area contributed by atoms with Crippen molar-refractivity contribution in [3.05, 3.63) is 147 Å². The topological polar surface area (TPSA) is 261 Å². The molecule has 2 aliphatic rings. The first-order valence-electron chi connectivity index (χ1n) is 27.5. The highest BCUT2D eigenvalue weighted by Crippen LogP contribution is 2.35. The summed E-state index contributed by atoms with van der Waals surface area (Å²) in [5, 5.41) is 19.2. The van der Waals surface area contributed by atoms with Gasteiger partial charge >= 0.3 is 0 Å². The first-order valence-corrected chi connectivity index (χ1v) is 28.7. The summed E-state index contributed by atoms with van der Waals surface area (Å²) in [4.78, 5) is 78.4. The van der Waals surface area contributed by atoms with Gasteiger partial charge in [0.15, 0.2) is 0 Å². The number of aliphatic imine (C=N–C) groups is 2. The number of halogens is 3. The van der Waals surface area contributed by atoms with Crippen LogP contribution in [0, 0.1) is 24.0 Å². The minimum atomic E-state index is -0.862. The largest absolute Gasteiger partial charge is 0.377 e. The minimum Gasteiger partial charge on any atom is -0.377 e. The first kappa shape index (κ1) is 62.1. The molecule has 6 aromatic rings. The molecule has 7 N–H and O–H groups in total. The molecule has 24 heteroatoms. The van der Waals surface area contributed by atoms with E-state index in [0.29, 0.717) is 89.9 Å². The van der Waals surface area contributed by atoms with E-state index >= 15 is 0 Å². The molecule has 0 spiro atoms. The number of aromatic nitrogens is 3. The van der Waals surface area contributed by atoms with Crippen molar-refractivity contribution in [1.82, 2.24) is 41.1 Å². The number of rotatable bonds is 27. The number of amides is 4. The third-order valence-electron chi connectivity index (χ3n) is 13.7. The molecule has 4 heterocycles. The monoisotopic (exact) mass is 1190 g/mol. The number of ether oxygens (including phenoxy) is 3. The Morgan fingerprint density at radius 2 is 1.64 bits per heavy atom. The normalized spacial score (nSPS) is 14.6. The summed E-state index contributed by atoms with van der Waals surface area (Å²) >= 11 is 7.94. The number of fused-ring (bicyclic) bond motifs is 3. The number of hydrogen-bond acceptors (Lipinski definition) is 17. The van der Waals surface area contributed by atoms with Gasteiger partial charge in [0.05, 0.1) is 79.2 Å². The molecule has 2 aliphatic heterocycles. The van der Waals surface area contributed by atoms with E-state index < -0.39 is 35.0 Å². The van der Waals surface area contributed by atoms with Gasteiger partial charge in [0.2, 0.25) is 23.7 Å². The van der Waals surface area contributed by atoms with E-state index in [1.807, 2.05) is 57.5 Å². The summed E-state index contributed by atoms with van der Waals surface area (Å²) in [6.45, 7) is 11.0. The highest BCUT2D eigenvalue weighted by molar-refractivity contribution is 7.13. The number of anilines is 2. The van der Waals surface area contributed by atoms with Crippen LogP contribution in [-0.4, -0.2) is 146 Å². The Morgan fingerprint density at radius 1 is 0.893 bits per heavy atom. The Kier molecular flexibility index (Phi) is 22.2. The molecule has 0 saturated carbocycles. The number of carbonyl (C=O) groups is 4. The predicted molar refractivity (Wildman–Crippen MR) is 321 cm³/mol. The van der Waals surface area contributed by atoms with Crippen LogP contribution in [0.2, 0.25) is 5.02 Å². The van der Waals surface area contributed by atoms with Gasteiger partial charge in [0.25, 0.3) is 5.91 Å². The van der Waals surface area contributed by atoms with Crippen LogP contribution in [0.4, 0.5) is 20.4 Å². The molecule has 0 unspecified atom stereocenters. The fourth-order valence-corrected chi connectivity index (χ4v) is 10.3. The zero-order valence-electron chi connectivity index (χ0n) is 47.2. The van der Waals surface area contributed by atoms with Crippen molar-refractivity contribution in [3.8, 4) is 21.7 Å². The highest BCUT2D eigenvalue weighted by Gasteiger charge is 2.42. The third-order valence-corrected chi connectivity index (χ3v) is 14.9. The van der Waals surface area contributed by atoms with Gasteiger partial charge in [-0.15, -0.1) is 11.3 Å². The molecule has 1 fully saturated rings. The fourth-order valence-electron chi connectivity index (χ4n) is 9.33. The molecule has 20 nitrogen and oxygen atoms in total. The van der Waals surface area contributed by atoms with Crippen molar-refractivity contribution < 1.29 is 42.2 Å². The van der Waals surface area contributed by atoms with Gasteiger partial charge in [0, 0.05) is 78.1 Å². The molecular formula is C60H68ClF2N13O7S. The highest BCUT2D eigenvalue weighted by atomic mass is 35.5. The molecule has 2 aromatic heterocycles. The Labute approximate surface area is 495 Å². The van der Waals surface area contributed by atoms with E-state index in [-0.39, 0.29) is 87.7 Å². The van der Waals surface area contributed by atoms with Gasteiger partial charge in [-0.3, -0.25) is 29.2 Å². The van der Waals surface area contributed by atoms with Crippen LogP contribution in [0.3, 0.4) is 0 Å². The number of carbonyl (C=O) groups excluding carboxylic acids is 4. The summed E-state index contributed by atoms with van der Waals surface area (Å²) in [6.07, 6.45) is 4.36. The van der Waals surface area contributed by atoms with E-state index in [4.69, 9.17) is 36.6 Å². The zero-order chi connectivity index (χ0) is 59.6. The molecule has 4 aromatic carbocycles. The van der Waals surface area contributed by atoms with Crippen LogP contribution in [0.15, 0.2) is 112 Å². The van der Waals surface area contributed by atoms with Crippen LogP contribution >= 0.6 is 22.9 Å². The van der Waals surface area contributed by atoms with Gasteiger partial charge in [-0.05, 0) is 84.8 Å². The van der Waals surface area contributed by atoms with E-state index in [2.05, 4.69) is 51.6 Å². The lowest BCUT2D eigenvalue weighted by molar-refractivity contribution is -0.144. The second kappa shape index (κ2) is 30.1. The Morgan fingerprint density at radius 3 is 2.38 bits per heavy atom. The third kappa shape index (κ3) is 16.9. The second-order valence-electron chi connectivity index (χ2n) is 20.8. The standard InChI is InChI=1S/C60H68ClF2N13O7S/c1-37-54(84-36-71-37)39-12-10-38(11-13-39)30-69-57(79)49-9-6-24-76(49)58(80)55(60(2,3)4)73-50(77)35-82-25-22-65-20-21-66-33-44(75-64)34-83-28-27-81-26-23-67-56(78)40-14-17-43(18-15-40)72-59-70-32-41-31-68-53(51-47(62)7-5-8-48(51)63)46-29-42(61)16-19-45(46)52(41)74-59/h5,7-8,10-19,29,32-33,36,49,55,65H,6,9,20-28,30-31,34-35,64H2,1-4H3,(H,67,78)(H,69,79)(H,73,77)(H,70,72,74)/t49-,55+/m0/s1. The van der Waals surface area contributed by atoms with Crippen LogP contribution in [0.25, 0.3) is 21.7 Å². The Bertz CT molecular complexity index is 3340. The predicted octanol–water partition coefficient (Wildman–Crippen LogP) is 7.19. The van der Waals surface area contributed by atoms with E-state index in [9.17, 15) is 28.0 Å². The van der Waals surface area contributed by atoms with Gasteiger partial charge < -0.3 is 51.5 Å². The SMILES string of the molecule is Cc1ncsc1-c1ccc(CNC(=O)[C@@H]2CCCN2C(=O)[C@@H](NC(=O)COCCNCCN=CC(COCCOCCNC(=O)c2ccc(Nc3ncc4c(n3)-c3ccc(Cl)cc3C(c3c(F)cccc3F)=NC4)cc2)=NN)C(C)(C)C)cc1. The van der Waals surface area contributed by atoms with Crippen molar-refractivity contribution in [1.29, 1.82) is 0 Å². The van der Waals surface area contributed by atoms with Gasteiger partial charge in [-0.1, -0.05) is 68.8 Å². The minimum absolute atomic E-state index is 0.0804. The van der Waals surface area contributed by atoms with Crippen LogP contribution in [-0.2, 0) is 41.7 Å². The molecule has 0 bridgehead atoms. The van der Waals surface area contributed by atoms with E-state index in [1.54, 1.807) is 64.9 Å². The lowest BCUT2D eigenvalue weighted by Crippen LogP contribution is -2.58. The number of likely N-dealkylation sites (tertiary alicyclic amines) is 1. The van der Waals surface area contributed by atoms with E-state index in [1.165, 1.54) is 24.4 Å².